The molecule has 0 N–H and O–H groups in total. The van der Waals surface area contributed by atoms with E-state index in [0.29, 0.717) is 6.42 Å². The summed E-state index contributed by atoms with van der Waals surface area (Å²) in [5.74, 6) is 0.231. The number of rotatable bonds is 5. The van der Waals surface area contributed by atoms with Crippen molar-refractivity contribution in [3.8, 4) is 0 Å². The van der Waals surface area contributed by atoms with Crippen molar-refractivity contribution in [1.29, 1.82) is 0 Å². The van der Waals surface area contributed by atoms with Crippen molar-refractivity contribution in [1.82, 2.24) is 4.98 Å². The average Bonchev–Trinajstić information content (AvgIpc) is 2.70. The molecule has 18 heavy (non-hydrogen) atoms. The highest BCUT2D eigenvalue weighted by atomic mass is 32.1. The summed E-state index contributed by atoms with van der Waals surface area (Å²) in [6, 6.07) is 10.3. The number of thiazole rings is 1. The zero-order chi connectivity index (χ0) is 13.0. The van der Waals surface area contributed by atoms with Gasteiger partial charge in [-0.3, -0.25) is 4.79 Å². The standard InChI is InChI=1S/C15H17NOS/c1-11-15(18-12(2)16-11)14(17)10-6-9-13-7-4-3-5-8-13/h3-5,7-8H,6,9-10H2,1-2H3. The van der Waals surface area contributed by atoms with Crippen LogP contribution in [0, 0.1) is 13.8 Å². The van der Waals surface area contributed by atoms with Crippen LogP contribution in [0.25, 0.3) is 0 Å². The molecule has 1 heterocycles. The van der Waals surface area contributed by atoms with Crippen molar-refractivity contribution >= 4 is 17.1 Å². The Labute approximate surface area is 112 Å². The molecular formula is C15H17NOS. The number of hydrogen-bond acceptors (Lipinski definition) is 3. The fourth-order valence-corrected chi connectivity index (χ4v) is 2.89. The predicted molar refractivity (Wildman–Crippen MR) is 75.3 cm³/mol. The second kappa shape index (κ2) is 5.91. The van der Waals surface area contributed by atoms with Gasteiger partial charge in [0.15, 0.2) is 5.78 Å². The number of ketones is 1. The molecule has 0 fully saturated rings. The van der Waals surface area contributed by atoms with Crippen molar-refractivity contribution in [3.63, 3.8) is 0 Å². The lowest BCUT2D eigenvalue weighted by Crippen LogP contribution is -1.99. The molecule has 2 aromatic rings. The van der Waals surface area contributed by atoms with Gasteiger partial charge in [-0.05, 0) is 32.3 Å². The van der Waals surface area contributed by atoms with Crippen LogP contribution in [-0.4, -0.2) is 10.8 Å². The van der Waals surface area contributed by atoms with Gasteiger partial charge < -0.3 is 0 Å². The largest absolute Gasteiger partial charge is 0.293 e. The zero-order valence-electron chi connectivity index (χ0n) is 10.8. The average molecular weight is 259 g/mol. The third kappa shape index (κ3) is 3.26. The van der Waals surface area contributed by atoms with Crippen LogP contribution in [0.1, 0.15) is 38.8 Å². The molecule has 0 spiro atoms. The van der Waals surface area contributed by atoms with E-state index in [0.717, 1.165) is 28.4 Å². The van der Waals surface area contributed by atoms with Gasteiger partial charge in [0, 0.05) is 6.42 Å². The number of benzene rings is 1. The Morgan fingerprint density at radius 3 is 2.56 bits per heavy atom. The van der Waals surface area contributed by atoms with Crippen molar-refractivity contribution in [2.75, 3.05) is 0 Å². The van der Waals surface area contributed by atoms with E-state index in [4.69, 9.17) is 0 Å². The molecule has 0 aliphatic rings. The number of hydrogen-bond donors (Lipinski definition) is 0. The molecule has 0 amide bonds. The Morgan fingerprint density at radius 2 is 1.94 bits per heavy atom. The van der Waals surface area contributed by atoms with Gasteiger partial charge in [0.05, 0.1) is 15.6 Å². The number of aromatic nitrogens is 1. The summed E-state index contributed by atoms with van der Waals surface area (Å²) in [5, 5.41) is 0.971. The summed E-state index contributed by atoms with van der Waals surface area (Å²) in [5.41, 5.74) is 2.17. The van der Waals surface area contributed by atoms with E-state index >= 15 is 0 Å². The normalized spacial score (nSPS) is 10.6. The van der Waals surface area contributed by atoms with Crippen LogP contribution in [0.2, 0.25) is 0 Å². The summed E-state index contributed by atoms with van der Waals surface area (Å²) in [7, 11) is 0. The van der Waals surface area contributed by atoms with E-state index in [9.17, 15) is 4.79 Å². The summed E-state index contributed by atoms with van der Waals surface area (Å²) in [6.07, 6.45) is 2.47. The monoisotopic (exact) mass is 259 g/mol. The fraction of sp³-hybridized carbons (Fsp3) is 0.333. The molecule has 0 atom stereocenters. The number of aryl methyl sites for hydroxylation is 3. The fourth-order valence-electron chi connectivity index (χ4n) is 2.00. The molecule has 0 saturated heterocycles. The number of nitrogens with zero attached hydrogens (tertiary/aromatic N) is 1. The molecule has 94 valence electrons. The van der Waals surface area contributed by atoms with Crippen LogP contribution in [0.4, 0.5) is 0 Å². The molecule has 1 aromatic heterocycles. The van der Waals surface area contributed by atoms with Gasteiger partial charge in [0.1, 0.15) is 0 Å². The zero-order valence-corrected chi connectivity index (χ0v) is 11.6. The van der Waals surface area contributed by atoms with Crippen LogP contribution < -0.4 is 0 Å². The summed E-state index contributed by atoms with van der Waals surface area (Å²) in [6.45, 7) is 3.85. The van der Waals surface area contributed by atoms with Gasteiger partial charge in [0.25, 0.3) is 0 Å². The smallest absolute Gasteiger partial charge is 0.174 e. The Bertz CT molecular complexity index is 531. The van der Waals surface area contributed by atoms with Gasteiger partial charge in [-0.25, -0.2) is 4.98 Å². The lowest BCUT2D eigenvalue weighted by atomic mass is 10.1. The molecule has 0 saturated carbocycles. The molecule has 2 rings (SSSR count). The van der Waals surface area contributed by atoms with Gasteiger partial charge in [0.2, 0.25) is 0 Å². The third-order valence-electron chi connectivity index (χ3n) is 2.87. The summed E-state index contributed by atoms with van der Waals surface area (Å²) in [4.78, 5) is 17.2. The maximum atomic E-state index is 12.0. The van der Waals surface area contributed by atoms with Crippen molar-refractivity contribution in [2.24, 2.45) is 0 Å². The maximum absolute atomic E-state index is 12.0. The van der Waals surface area contributed by atoms with E-state index in [1.54, 1.807) is 0 Å². The second-order valence-electron chi connectivity index (χ2n) is 4.41. The minimum atomic E-state index is 0.231. The van der Waals surface area contributed by atoms with Crippen molar-refractivity contribution < 1.29 is 4.79 Å². The molecule has 3 heteroatoms. The van der Waals surface area contributed by atoms with Gasteiger partial charge in [-0.1, -0.05) is 30.3 Å². The molecule has 0 radical (unpaired) electrons. The number of carbonyl (C=O) groups is 1. The van der Waals surface area contributed by atoms with Crippen molar-refractivity contribution in [2.45, 2.75) is 33.1 Å². The van der Waals surface area contributed by atoms with E-state index in [2.05, 4.69) is 17.1 Å². The molecule has 0 aliphatic heterocycles. The maximum Gasteiger partial charge on any atom is 0.174 e. The first kappa shape index (κ1) is 13.0. The predicted octanol–water partition coefficient (Wildman–Crippen LogP) is 3.97. The van der Waals surface area contributed by atoms with Crippen LogP contribution in [0.5, 0.6) is 0 Å². The van der Waals surface area contributed by atoms with E-state index in [1.807, 2.05) is 32.0 Å². The first-order valence-electron chi connectivity index (χ1n) is 6.18. The first-order valence-corrected chi connectivity index (χ1v) is 6.99. The summed E-state index contributed by atoms with van der Waals surface area (Å²) < 4.78 is 0. The van der Waals surface area contributed by atoms with Crippen LogP contribution in [-0.2, 0) is 6.42 Å². The van der Waals surface area contributed by atoms with E-state index in [-0.39, 0.29) is 5.78 Å². The molecule has 0 unspecified atom stereocenters. The lowest BCUT2D eigenvalue weighted by Gasteiger charge is -2.00. The Kier molecular flexibility index (Phi) is 4.26. The van der Waals surface area contributed by atoms with Gasteiger partial charge in [-0.2, -0.15) is 0 Å². The molecule has 2 nitrogen and oxygen atoms in total. The summed E-state index contributed by atoms with van der Waals surface area (Å²) >= 11 is 1.51. The van der Waals surface area contributed by atoms with Gasteiger partial charge in [-0.15, -0.1) is 11.3 Å². The Balaban J connectivity index is 1.87. The topological polar surface area (TPSA) is 30.0 Å². The van der Waals surface area contributed by atoms with E-state index < -0.39 is 0 Å². The van der Waals surface area contributed by atoms with Crippen LogP contribution in [0.15, 0.2) is 30.3 Å². The van der Waals surface area contributed by atoms with Crippen LogP contribution in [0.3, 0.4) is 0 Å². The lowest BCUT2D eigenvalue weighted by molar-refractivity contribution is 0.0983. The number of Topliss-reactive ketones (excluding diaryl/α,β-unsaturated/α-hetero) is 1. The number of carbonyl (C=O) groups excluding carboxylic acids is 1. The second-order valence-corrected chi connectivity index (χ2v) is 5.61. The molecular weight excluding hydrogens is 242 g/mol. The quantitative estimate of drug-likeness (QED) is 0.761. The van der Waals surface area contributed by atoms with Crippen molar-refractivity contribution in [3.05, 3.63) is 51.5 Å². The van der Waals surface area contributed by atoms with Gasteiger partial charge >= 0.3 is 0 Å². The Hall–Kier alpha value is -1.48. The highest BCUT2D eigenvalue weighted by Gasteiger charge is 2.13. The minimum Gasteiger partial charge on any atom is -0.293 e. The molecule has 0 aliphatic carbocycles. The molecule has 1 aromatic carbocycles. The first-order chi connectivity index (χ1) is 8.66. The highest BCUT2D eigenvalue weighted by molar-refractivity contribution is 7.13. The third-order valence-corrected chi connectivity index (χ3v) is 3.98. The Morgan fingerprint density at radius 1 is 1.22 bits per heavy atom. The highest BCUT2D eigenvalue weighted by Crippen LogP contribution is 2.20. The van der Waals surface area contributed by atoms with Crippen LogP contribution >= 0.6 is 11.3 Å². The molecule has 0 bridgehead atoms. The SMILES string of the molecule is Cc1nc(C)c(C(=O)CCCc2ccccc2)s1. The minimum absolute atomic E-state index is 0.231. The van der Waals surface area contributed by atoms with E-state index in [1.165, 1.54) is 16.9 Å².